The zero-order valence-electron chi connectivity index (χ0n) is 9.89. The zero-order chi connectivity index (χ0) is 12.0. The van der Waals surface area contributed by atoms with Crippen molar-refractivity contribution in [1.82, 2.24) is 9.88 Å². The number of nitrogens with two attached hydrogens (primary N) is 1. The molecule has 4 nitrogen and oxygen atoms in total. The largest absolute Gasteiger partial charge is 0.370 e. The van der Waals surface area contributed by atoms with Crippen molar-refractivity contribution < 1.29 is 4.79 Å². The fourth-order valence-electron chi connectivity index (χ4n) is 1.52. The summed E-state index contributed by atoms with van der Waals surface area (Å²) in [5.41, 5.74) is 6.42. The second-order valence-electron chi connectivity index (χ2n) is 4.11. The highest BCUT2D eigenvalue weighted by Gasteiger charge is 2.11. The highest BCUT2D eigenvalue weighted by molar-refractivity contribution is 5.74. The van der Waals surface area contributed by atoms with E-state index in [1.54, 1.807) is 12.4 Å². The zero-order valence-corrected chi connectivity index (χ0v) is 9.89. The number of pyridine rings is 1. The SMILES string of the molecule is CC(CC(N)=O)N(C)CCc1ccncc1. The summed E-state index contributed by atoms with van der Waals surface area (Å²) in [6.45, 7) is 2.93. The van der Waals surface area contributed by atoms with Gasteiger partial charge in [-0.05, 0) is 38.1 Å². The van der Waals surface area contributed by atoms with Gasteiger partial charge in [0.1, 0.15) is 0 Å². The molecule has 1 rings (SSSR count). The molecule has 16 heavy (non-hydrogen) atoms. The molecule has 0 bridgehead atoms. The standard InChI is InChI=1S/C12H19N3O/c1-10(9-12(13)16)15(2)8-5-11-3-6-14-7-4-11/h3-4,6-7,10H,5,8-9H2,1-2H3,(H2,13,16). The Labute approximate surface area is 96.5 Å². The Bertz CT molecular complexity index is 326. The Morgan fingerprint density at radius 3 is 2.69 bits per heavy atom. The highest BCUT2D eigenvalue weighted by atomic mass is 16.1. The van der Waals surface area contributed by atoms with Crippen molar-refractivity contribution >= 4 is 5.91 Å². The van der Waals surface area contributed by atoms with Gasteiger partial charge >= 0.3 is 0 Å². The van der Waals surface area contributed by atoms with Crippen LogP contribution in [0.2, 0.25) is 0 Å². The van der Waals surface area contributed by atoms with Crippen LogP contribution in [0.4, 0.5) is 0 Å². The Balaban J connectivity index is 2.35. The Kier molecular flexibility index (Phi) is 4.92. The molecular weight excluding hydrogens is 202 g/mol. The van der Waals surface area contributed by atoms with E-state index in [1.807, 2.05) is 26.1 Å². The summed E-state index contributed by atoms with van der Waals surface area (Å²) in [5.74, 6) is -0.247. The van der Waals surface area contributed by atoms with Gasteiger partial charge < -0.3 is 10.6 Å². The van der Waals surface area contributed by atoms with E-state index in [2.05, 4.69) is 9.88 Å². The number of carbonyl (C=O) groups excluding carboxylic acids is 1. The first-order valence-corrected chi connectivity index (χ1v) is 5.47. The van der Waals surface area contributed by atoms with E-state index < -0.39 is 0 Å². The molecule has 4 heteroatoms. The van der Waals surface area contributed by atoms with Crippen molar-refractivity contribution in [3.63, 3.8) is 0 Å². The van der Waals surface area contributed by atoms with E-state index in [4.69, 9.17) is 5.73 Å². The molecule has 0 radical (unpaired) electrons. The van der Waals surface area contributed by atoms with Crippen LogP contribution in [0.25, 0.3) is 0 Å². The van der Waals surface area contributed by atoms with Gasteiger partial charge in [0.25, 0.3) is 0 Å². The van der Waals surface area contributed by atoms with Crippen LogP contribution in [-0.2, 0) is 11.2 Å². The summed E-state index contributed by atoms with van der Waals surface area (Å²) in [4.78, 5) is 16.9. The third-order valence-corrected chi connectivity index (χ3v) is 2.75. The topological polar surface area (TPSA) is 59.2 Å². The van der Waals surface area contributed by atoms with Crippen LogP contribution in [0.1, 0.15) is 18.9 Å². The van der Waals surface area contributed by atoms with E-state index in [-0.39, 0.29) is 11.9 Å². The lowest BCUT2D eigenvalue weighted by Gasteiger charge is -2.23. The lowest BCUT2D eigenvalue weighted by Crippen LogP contribution is -2.34. The maximum atomic E-state index is 10.8. The normalized spacial score (nSPS) is 12.7. The minimum atomic E-state index is -0.247. The predicted molar refractivity (Wildman–Crippen MR) is 63.8 cm³/mol. The first kappa shape index (κ1) is 12.6. The van der Waals surface area contributed by atoms with Crippen molar-refractivity contribution in [2.75, 3.05) is 13.6 Å². The van der Waals surface area contributed by atoms with Gasteiger partial charge in [-0.1, -0.05) is 0 Å². The van der Waals surface area contributed by atoms with Gasteiger partial charge in [0, 0.05) is 31.4 Å². The van der Waals surface area contributed by atoms with Crippen molar-refractivity contribution in [2.45, 2.75) is 25.8 Å². The number of hydrogen-bond donors (Lipinski definition) is 1. The summed E-state index contributed by atoms with van der Waals surface area (Å²) < 4.78 is 0. The smallest absolute Gasteiger partial charge is 0.218 e. The number of carbonyl (C=O) groups is 1. The second-order valence-corrected chi connectivity index (χ2v) is 4.11. The molecule has 2 N–H and O–H groups in total. The molecule has 0 saturated carbocycles. The molecule has 0 aliphatic rings. The molecule has 1 aromatic rings. The molecule has 1 amide bonds. The first-order chi connectivity index (χ1) is 7.59. The molecule has 1 atom stereocenters. The summed E-state index contributed by atoms with van der Waals surface area (Å²) in [7, 11) is 2.01. The van der Waals surface area contributed by atoms with E-state index in [0.29, 0.717) is 6.42 Å². The van der Waals surface area contributed by atoms with Crippen molar-refractivity contribution in [3.05, 3.63) is 30.1 Å². The fourth-order valence-corrected chi connectivity index (χ4v) is 1.52. The van der Waals surface area contributed by atoms with Gasteiger partial charge in [0.2, 0.25) is 5.91 Å². The predicted octanol–water partition coefficient (Wildman–Crippen LogP) is 0.820. The van der Waals surface area contributed by atoms with E-state index in [0.717, 1.165) is 13.0 Å². The number of primary amides is 1. The number of aromatic nitrogens is 1. The van der Waals surface area contributed by atoms with Gasteiger partial charge in [0.15, 0.2) is 0 Å². The van der Waals surface area contributed by atoms with Crippen molar-refractivity contribution in [1.29, 1.82) is 0 Å². The molecular formula is C12H19N3O. The van der Waals surface area contributed by atoms with Crippen LogP contribution in [0.15, 0.2) is 24.5 Å². The summed E-state index contributed by atoms with van der Waals surface area (Å²) in [5, 5.41) is 0. The monoisotopic (exact) mass is 221 g/mol. The summed E-state index contributed by atoms with van der Waals surface area (Å²) in [6.07, 6.45) is 4.96. The number of amides is 1. The van der Waals surface area contributed by atoms with Crippen molar-refractivity contribution in [2.24, 2.45) is 5.73 Å². The van der Waals surface area contributed by atoms with Gasteiger partial charge in [-0.2, -0.15) is 0 Å². The maximum Gasteiger partial charge on any atom is 0.218 e. The fraction of sp³-hybridized carbons (Fsp3) is 0.500. The maximum absolute atomic E-state index is 10.8. The lowest BCUT2D eigenvalue weighted by molar-refractivity contribution is -0.119. The number of likely N-dealkylation sites (N-methyl/N-ethyl adjacent to an activating group) is 1. The van der Waals surface area contributed by atoms with Crippen LogP contribution in [0.5, 0.6) is 0 Å². The molecule has 0 aromatic carbocycles. The molecule has 0 aliphatic carbocycles. The third kappa shape index (κ3) is 4.40. The quantitative estimate of drug-likeness (QED) is 0.773. The van der Waals surface area contributed by atoms with Crippen molar-refractivity contribution in [3.8, 4) is 0 Å². The highest BCUT2D eigenvalue weighted by Crippen LogP contribution is 2.04. The molecule has 1 heterocycles. The average Bonchev–Trinajstić information content (AvgIpc) is 2.26. The Hall–Kier alpha value is -1.42. The van der Waals surface area contributed by atoms with Crippen LogP contribution in [0.3, 0.4) is 0 Å². The van der Waals surface area contributed by atoms with Crippen LogP contribution in [-0.4, -0.2) is 35.4 Å². The molecule has 88 valence electrons. The van der Waals surface area contributed by atoms with Gasteiger partial charge in [-0.3, -0.25) is 9.78 Å². The molecule has 0 saturated heterocycles. The minimum Gasteiger partial charge on any atom is -0.370 e. The Morgan fingerprint density at radius 2 is 2.12 bits per heavy atom. The third-order valence-electron chi connectivity index (χ3n) is 2.75. The first-order valence-electron chi connectivity index (χ1n) is 5.47. The number of hydrogen-bond acceptors (Lipinski definition) is 3. The molecule has 1 aromatic heterocycles. The van der Waals surface area contributed by atoms with Crippen LogP contribution in [0, 0.1) is 0 Å². The molecule has 0 spiro atoms. The van der Waals surface area contributed by atoms with Gasteiger partial charge in [-0.25, -0.2) is 0 Å². The molecule has 0 aliphatic heterocycles. The van der Waals surface area contributed by atoms with Gasteiger partial charge in [0.05, 0.1) is 0 Å². The van der Waals surface area contributed by atoms with E-state index >= 15 is 0 Å². The molecule has 0 fully saturated rings. The van der Waals surface area contributed by atoms with Gasteiger partial charge in [-0.15, -0.1) is 0 Å². The summed E-state index contributed by atoms with van der Waals surface area (Å²) in [6, 6.07) is 4.21. The summed E-state index contributed by atoms with van der Waals surface area (Å²) >= 11 is 0. The average molecular weight is 221 g/mol. The van der Waals surface area contributed by atoms with E-state index in [1.165, 1.54) is 5.56 Å². The second kappa shape index (κ2) is 6.23. The number of nitrogens with zero attached hydrogens (tertiary/aromatic N) is 2. The number of rotatable bonds is 6. The lowest BCUT2D eigenvalue weighted by atomic mass is 10.1. The van der Waals surface area contributed by atoms with Crippen LogP contribution >= 0.6 is 0 Å². The molecule has 1 unspecified atom stereocenters. The van der Waals surface area contributed by atoms with E-state index in [9.17, 15) is 4.79 Å². The Morgan fingerprint density at radius 1 is 1.50 bits per heavy atom. The van der Waals surface area contributed by atoms with Crippen LogP contribution < -0.4 is 5.73 Å². The minimum absolute atomic E-state index is 0.194.